The van der Waals surface area contributed by atoms with Gasteiger partial charge in [0, 0.05) is 18.4 Å². The lowest BCUT2D eigenvalue weighted by Crippen LogP contribution is -2.18. The summed E-state index contributed by atoms with van der Waals surface area (Å²) < 4.78 is 1.81. The molecule has 8 nitrogen and oxygen atoms in total. The molecule has 0 bridgehead atoms. The minimum absolute atomic E-state index is 0.0939. The van der Waals surface area contributed by atoms with Crippen molar-refractivity contribution in [3.63, 3.8) is 0 Å². The van der Waals surface area contributed by atoms with E-state index in [9.17, 15) is 9.59 Å². The molecule has 0 fully saturated rings. The Morgan fingerprint density at radius 1 is 1.24 bits per heavy atom. The van der Waals surface area contributed by atoms with Gasteiger partial charge >= 0.3 is 0 Å². The Morgan fingerprint density at radius 2 is 2.04 bits per heavy atom. The lowest BCUT2D eigenvalue weighted by molar-refractivity contribution is 0.102. The molecule has 2 aromatic rings. The Bertz CT molecular complexity index is 1070. The maximum Gasteiger partial charge on any atom is 0.275 e. The SMILES string of the molecule is CC(C)n1cc(C(=O)Nc2nc3ccccc3[nH]2)c2n[nH]c(=O)c-2c1. The Balaban J connectivity index is 1.75. The molecular weight excluding hydrogens is 320 g/mol. The fourth-order valence-electron chi connectivity index (χ4n) is 2.71. The van der Waals surface area contributed by atoms with E-state index in [2.05, 4.69) is 25.5 Å². The minimum atomic E-state index is -0.384. The molecule has 0 spiro atoms. The first-order chi connectivity index (χ1) is 12.0. The van der Waals surface area contributed by atoms with Crippen LogP contribution in [0.4, 0.5) is 5.95 Å². The molecule has 0 radical (unpaired) electrons. The zero-order valence-electron chi connectivity index (χ0n) is 13.7. The van der Waals surface area contributed by atoms with Gasteiger partial charge in [0.2, 0.25) is 5.95 Å². The molecule has 0 saturated carbocycles. The zero-order valence-corrected chi connectivity index (χ0v) is 13.7. The van der Waals surface area contributed by atoms with Crippen molar-refractivity contribution in [1.29, 1.82) is 0 Å². The van der Waals surface area contributed by atoms with E-state index in [1.54, 1.807) is 12.4 Å². The fraction of sp³-hybridized carbons (Fsp3) is 0.176. The number of aromatic nitrogens is 5. The number of amides is 1. The van der Waals surface area contributed by atoms with Crippen molar-refractivity contribution in [3.05, 3.63) is 52.6 Å². The van der Waals surface area contributed by atoms with E-state index in [0.717, 1.165) is 11.0 Å². The minimum Gasteiger partial charge on any atom is -0.350 e. The van der Waals surface area contributed by atoms with Crippen molar-refractivity contribution < 1.29 is 4.79 Å². The topological polar surface area (TPSA) is 108 Å². The van der Waals surface area contributed by atoms with Crippen molar-refractivity contribution in [2.45, 2.75) is 19.9 Å². The van der Waals surface area contributed by atoms with Gasteiger partial charge in [0.15, 0.2) is 0 Å². The number of anilines is 1. The van der Waals surface area contributed by atoms with Crippen LogP contribution in [-0.4, -0.2) is 30.6 Å². The summed E-state index contributed by atoms with van der Waals surface area (Å²) >= 11 is 0. The molecule has 1 aromatic heterocycles. The second-order valence-electron chi connectivity index (χ2n) is 6.08. The molecule has 0 atom stereocenters. The van der Waals surface area contributed by atoms with Crippen LogP contribution in [0.3, 0.4) is 0 Å². The largest absolute Gasteiger partial charge is 0.350 e. The van der Waals surface area contributed by atoms with Crippen LogP contribution >= 0.6 is 0 Å². The smallest absolute Gasteiger partial charge is 0.275 e. The number of carbonyl (C=O) groups is 1. The van der Waals surface area contributed by atoms with Crippen molar-refractivity contribution >= 4 is 22.9 Å². The first-order valence-corrected chi connectivity index (χ1v) is 7.89. The summed E-state index contributed by atoms with van der Waals surface area (Å²) in [6.07, 6.45) is 3.38. The van der Waals surface area contributed by atoms with E-state index in [0.29, 0.717) is 22.8 Å². The number of nitrogens with zero attached hydrogens (tertiary/aromatic N) is 3. The number of carbonyl (C=O) groups excluding carboxylic acids is 1. The Kier molecular flexibility index (Phi) is 3.38. The molecule has 4 rings (SSSR count). The van der Waals surface area contributed by atoms with Gasteiger partial charge < -0.3 is 9.55 Å². The Hall–Kier alpha value is -3.42. The molecule has 2 aliphatic rings. The van der Waals surface area contributed by atoms with Crippen LogP contribution in [-0.2, 0) is 0 Å². The van der Waals surface area contributed by atoms with Crippen molar-refractivity contribution in [2.75, 3.05) is 5.32 Å². The van der Waals surface area contributed by atoms with Crippen molar-refractivity contribution in [2.24, 2.45) is 0 Å². The number of pyridine rings is 1. The molecule has 0 unspecified atom stereocenters. The molecule has 3 N–H and O–H groups in total. The van der Waals surface area contributed by atoms with Gasteiger partial charge in [-0.05, 0) is 26.0 Å². The monoisotopic (exact) mass is 336 g/mol. The molecule has 25 heavy (non-hydrogen) atoms. The van der Waals surface area contributed by atoms with Crippen LogP contribution in [0.25, 0.3) is 22.3 Å². The van der Waals surface area contributed by atoms with Crippen LogP contribution in [0.2, 0.25) is 0 Å². The molecule has 0 saturated heterocycles. The highest BCUT2D eigenvalue weighted by Gasteiger charge is 2.22. The second kappa shape index (κ2) is 5.59. The van der Waals surface area contributed by atoms with Crippen LogP contribution in [0.15, 0.2) is 41.5 Å². The van der Waals surface area contributed by atoms with Crippen LogP contribution in [0.1, 0.15) is 30.2 Å². The zero-order chi connectivity index (χ0) is 17.6. The molecule has 8 heteroatoms. The summed E-state index contributed by atoms with van der Waals surface area (Å²) in [5.74, 6) is -0.0391. The number of hydrogen-bond donors (Lipinski definition) is 3. The normalized spacial score (nSPS) is 11.5. The van der Waals surface area contributed by atoms with E-state index in [1.165, 1.54) is 0 Å². The lowest BCUT2D eigenvalue weighted by Gasteiger charge is -2.15. The van der Waals surface area contributed by atoms with Crippen LogP contribution < -0.4 is 10.9 Å². The van der Waals surface area contributed by atoms with Gasteiger partial charge in [0.25, 0.3) is 11.5 Å². The van der Waals surface area contributed by atoms with E-state index >= 15 is 0 Å². The van der Waals surface area contributed by atoms with Crippen molar-refractivity contribution in [3.8, 4) is 11.3 Å². The summed E-state index contributed by atoms with van der Waals surface area (Å²) in [4.78, 5) is 32.1. The van der Waals surface area contributed by atoms with E-state index in [1.807, 2.05) is 42.7 Å². The number of rotatable bonds is 3. The predicted octanol–water partition coefficient (Wildman–Crippen LogP) is 2.39. The van der Waals surface area contributed by atoms with E-state index in [4.69, 9.17) is 0 Å². The predicted molar refractivity (Wildman–Crippen MR) is 93.9 cm³/mol. The van der Waals surface area contributed by atoms with Gasteiger partial charge in [0.1, 0.15) is 5.69 Å². The molecule has 1 amide bonds. The fourth-order valence-corrected chi connectivity index (χ4v) is 2.71. The maximum absolute atomic E-state index is 12.7. The maximum atomic E-state index is 12.7. The molecule has 1 aromatic carbocycles. The van der Waals surface area contributed by atoms with E-state index < -0.39 is 0 Å². The summed E-state index contributed by atoms with van der Waals surface area (Å²) in [5, 5.41) is 9.12. The van der Waals surface area contributed by atoms with Gasteiger partial charge in [-0.2, -0.15) is 5.10 Å². The average molecular weight is 336 g/mol. The lowest BCUT2D eigenvalue weighted by atomic mass is 10.1. The van der Waals surface area contributed by atoms with Crippen LogP contribution in [0, 0.1) is 0 Å². The highest BCUT2D eigenvalue weighted by Crippen LogP contribution is 2.23. The third-order valence-electron chi connectivity index (χ3n) is 4.04. The number of benzene rings is 1. The first kappa shape index (κ1) is 15.1. The Morgan fingerprint density at radius 3 is 2.80 bits per heavy atom. The molecule has 3 heterocycles. The Labute approximate surface area is 142 Å². The number of hydrogen-bond acceptors (Lipinski definition) is 4. The first-order valence-electron chi connectivity index (χ1n) is 7.89. The van der Waals surface area contributed by atoms with Crippen molar-refractivity contribution in [1.82, 2.24) is 24.7 Å². The summed E-state index contributed by atoms with van der Waals surface area (Å²) in [6.45, 7) is 3.94. The summed E-state index contributed by atoms with van der Waals surface area (Å²) in [7, 11) is 0. The summed E-state index contributed by atoms with van der Waals surface area (Å²) in [5.41, 5.74) is 2.30. The highest BCUT2D eigenvalue weighted by molar-refractivity contribution is 6.07. The van der Waals surface area contributed by atoms with Gasteiger partial charge in [0.05, 0.1) is 22.2 Å². The van der Waals surface area contributed by atoms with Crippen LogP contribution in [0.5, 0.6) is 0 Å². The van der Waals surface area contributed by atoms with Gasteiger partial charge in [-0.25, -0.2) is 10.1 Å². The third kappa shape index (κ3) is 2.57. The quantitative estimate of drug-likeness (QED) is 0.534. The van der Waals surface area contributed by atoms with Gasteiger partial charge in [-0.15, -0.1) is 0 Å². The molecule has 126 valence electrons. The second-order valence-corrected chi connectivity index (χ2v) is 6.08. The average Bonchev–Trinajstić information content (AvgIpc) is 3.17. The number of para-hydroxylation sites is 2. The summed E-state index contributed by atoms with van der Waals surface area (Å²) in [6, 6.07) is 7.59. The standard InChI is InChI=1S/C17H16N6O2/c1-9(2)23-7-10(14-11(8-23)16(25)22-21-14)15(24)20-17-18-12-5-3-4-6-13(12)19-17/h3-9H,1-2H3,(H,22,25)(H2,18,19,20,24). The highest BCUT2D eigenvalue weighted by atomic mass is 16.2. The van der Waals surface area contributed by atoms with Gasteiger partial charge in [-0.3, -0.25) is 14.9 Å². The number of fused-ring (bicyclic) bond motifs is 2. The third-order valence-corrected chi connectivity index (χ3v) is 4.04. The molecule has 0 aliphatic carbocycles. The van der Waals surface area contributed by atoms with E-state index in [-0.39, 0.29) is 17.5 Å². The molecular formula is C17H16N6O2. The number of nitrogens with one attached hydrogen (secondary N) is 3. The number of aromatic amines is 2. The number of imidazole rings is 1. The van der Waals surface area contributed by atoms with Gasteiger partial charge in [-0.1, -0.05) is 12.1 Å². The molecule has 2 aliphatic heterocycles. The number of H-pyrrole nitrogens is 2.